The summed E-state index contributed by atoms with van der Waals surface area (Å²) in [6.45, 7) is 5.83. The fourth-order valence-electron chi connectivity index (χ4n) is 1.84. The van der Waals surface area contributed by atoms with Gasteiger partial charge in [-0.3, -0.25) is 4.79 Å². The van der Waals surface area contributed by atoms with Gasteiger partial charge in [-0.25, -0.2) is 5.43 Å². The highest BCUT2D eigenvalue weighted by Gasteiger charge is 2.10. The number of benzene rings is 1. The number of hydrazone groups is 1. The molecule has 0 spiro atoms. The van der Waals surface area contributed by atoms with E-state index in [9.17, 15) is 15.0 Å². The maximum Gasteiger partial charge on any atom is 0.272 e. The van der Waals surface area contributed by atoms with Crippen LogP contribution < -0.4 is 5.43 Å². The quantitative estimate of drug-likeness (QED) is 0.596. The zero-order chi connectivity index (χ0) is 16.3. The Balaban J connectivity index is 2.10. The minimum atomic E-state index is -0.285. The minimum Gasteiger partial charge on any atom is -0.508 e. The van der Waals surface area contributed by atoms with Crippen LogP contribution in [-0.2, 0) is 0 Å². The van der Waals surface area contributed by atoms with Crippen LogP contribution in [0.25, 0.3) is 0 Å². The molecule has 0 aliphatic carbocycles. The number of phenolic OH excluding ortho intramolecular Hbond substituents is 2. The lowest BCUT2D eigenvalue weighted by molar-refractivity contribution is 0.0955. The van der Waals surface area contributed by atoms with Gasteiger partial charge in [0.15, 0.2) is 0 Å². The second-order valence-electron chi connectivity index (χ2n) is 5.27. The molecule has 1 heterocycles. The molecule has 0 radical (unpaired) electrons. The van der Waals surface area contributed by atoms with Gasteiger partial charge in [0, 0.05) is 21.9 Å². The van der Waals surface area contributed by atoms with Crippen LogP contribution in [0.5, 0.6) is 11.5 Å². The number of amides is 1. The Morgan fingerprint density at radius 2 is 1.77 bits per heavy atom. The van der Waals surface area contributed by atoms with Crippen LogP contribution in [0.4, 0.5) is 0 Å². The molecule has 6 heteroatoms. The second kappa shape index (κ2) is 6.62. The normalized spacial score (nSPS) is 11.7. The highest BCUT2D eigenvalue weighted by molar-refractivity contribution is 7.10. The van der Waals surface area contributed by atoms with Crippen molar-refractivity contribution in [3.05, 3.63) is 45.6 Å². The van der Waals surface area contributed by atoms with E-state index in [1.807, 2.05) is 6.07 Å². The van der Waals surface area contributed by atoms with Gasteiger partial charge in [0.25, 0.3) is 5.91 Å². The molecule has 2 aromatic rings. The summed E-state index contributed by atoms with van der Waals surface area (Å²) in [6, 6.07) is 6.02. The van der Waals surface area contributed by atoms with E-state index in [1.165, 1.54) is 18.2 Å². The first-order chi connectivity index (χ1) is 10.4. The van der Waals surface area contributed by atoms with Crippen molar-refractivity contribution in [2.75, 3.05) is 0 Å². The summed E-state index contributed by atoms with van der Waals surface area (Å²) in [6.07, 6.45) is 0. The van der Waals surface area contributed by atoms with Gasteiger partial charge < -0.3 is 10.2 Å². The zero-order valence-electron chi connectivity index (χ0n) is 12.6. The monoisotopic (exact) mass is 318 g/mol. The standard InChI is InChI=1S/C16H18N2O3S/c1-9(2)15-6-12(8-22-15)16(21)18-17-10(3)11-4-13(19)7-14(20)5-11/h4-9,19-20H,1-3H3,(H,18,21)/b17-10+. The molecule has 0 atom stereocenters. The topological polar surface area (TPSA) is 81.9 Å². The summed E-state index contributed by atoms with van der Waals surface area (Å²) in [4.78, 5) is 13.2. The Labute approximate surface area is 132 Å². The molecule has 22 heavy (non-hydrogen) atoms. The number of nitrogens with one attached hydrogen (secondary N) is 1. The summed E-state index contributed by atoms with van der Waals surface area (Å²) < 4.78 is 0. The zero-order valence-corrected chi connectivity index (χ0v) is 13.4. The Bertz CT molecular complexity index is 700. The van der Waals surface area contributed by atoms with Gasteiger partial charge in [-0.05, 0) is 31.0 Å². The second-order valence-corrected chi connectivity index (χ2v) is 6.21. The lowest BCUT2D eigenvalue weighted by Gasteiger charge is -2.04. The Morgan fingerprint density at radius 3 is 2.32 bits per heavy atom. The van der Waals surface area contributed by atoms with Gasteiger partial charge in [-0.2, -0.15) is 5.10 Å². The third kappa shape index (κ3) is 3.85. The predicted octanol–water partition coefficient (Wildman–Crippen LogP) is 3.44. The molecule has 0 bridgehead atoms. The summed E-state index contributed by atoms with van der Waals surface area (Å²) in [5.74, 6) is -0.0236. The van der Waals surface area contributed by atoms with Crippen LogP contribution in [0.2, 0.25) is 0 Å². The maximum absolute atomic E-state index is 12.0. The van der Waals surface area contributed by atoms with Crippen LogP contribution in [0.15, 0.2) is 34.7 Å². The fourth-order valence-corrected chi connectivity index (χ4v) is 2.75. The van der Waals surface area contributed by atoms with Gasteiger partial charge >= 0.3 is 0 Å². The Hall–Kier alpha value is -2.34. The first-order valence-corrected chi connectivity index (χ1v) is 7.71. The number of thiophene rings is 1. The lowest BCUT2D eigenvalue weighted by Crippen LogP contribution is -2.18. The summed E-state index contributed by atoms with van der Waals surface area (Å²) >= 11 is 1.55. The van der Waals surface area contributed by atoms with Gasteiger partial charge in [-0.1, -0.05) is 13.8 Å². The average Bonchev–Trinajstić information content (AvgIpc) is 2.93. The molecule has 0 fully saturated rings. The smallest absolute Gasteiger partial charge is 0.272 e. The van der Waals surface area contributed by atoms with Crippen molar-refractivity contribution >= 4 is 23.0 Å². The summed E-state index contributed by atoms with van der Waals surface area (Å²) in [7, 11) is 0. The highest BCUT2D eigenvalue weighted by Crippen LogP contribution is 2.23. The number of phenols is 2. The molecule has 0 saturated heterocycles. The predicted molar refractivity (Wildman–Crippen MR) is 87.9 cm³/mol. The Kier molecular flexibility index (Phi) is 4.82. The van der Waals surface area contributed by atoms with E-state index in [1.54, 1.807) is 23.6 Å². The van der Waals surface area contributed by atoms with Crippen LogP contribution in [0.3, 0.4) is 0 Å². The van der Waals surface area contributed by atoms with Crippen molar-refractivity contribution < 1.29 is 15.0 Å². The van der Waals surface area contributed by atoms with E-state index < -0.39 is 0 Å². The Morgan fingerprint density at radius 1 is 1.14 bits per heavy atom. The molecule has 0 saturated carbocycles. The third-order valence-electron chi connectivity index (χ3n) is 3.10. The van der Waals surface area contributed by atoms with Gasteiger partial charge in [0.1, 0.15) is 11.5 Å². The van der Waals surface area contributed by atoms with E-state index in [0.717, 1.165) is 4.88 Å². The molecule has 2 rings (SSSR count). The minimum absolute atomic E-state index is 0.0599. The van der Waals surface area contributed by atoms with Crippen molar-refractivity contribution in [1.29, 1.82) is 0 Å². The fraction of sp³-hybridized carbons (Fsp3) is 0.250. The van der Waals surface area contributed by atoms with Crippen LogP contribution in [-0.4, -0.2) is 21.8 Å². The van der Waals surface area contributed by atoms with Crippen LogP contribution in [0.1, 0.15) is 47.5 Å². The van der Waals surface area contributed by atoms with E-state index >= 15 is 0 Å². The SMILES string of the molecule is C/C(=N\NC(=O)c1csc(C(C)C)c1)c1cc(O)cc(O)c1. The van der Waals surface area contributed by atoms with Crippen LogP contribution in [0, 0.1) is 0 Å². The summed E-state index contributed by atoms with van der Waals surface area (Å²) in [5, 5.41) is 24.7. The van der Waals surface area contributed by atoms with E-state index in [0.29, 0.717) is 22.8 Å². The molecule has 1 aromatic heterocycles. The largest absolute Gasteiger partial charge is 0.508 e. The van der Waals surface area contributed by atoms with Crippen molar-refractivity contribution in [2.24, 2.45) is 5.10 Å². The summed E-state index contributed by atoms with van der Waals surface area (Å²) in [5.41, 5.74) is 4.07. The number of hydrogen-bond acceptors (Lipinski definition) is 5. The molecule has 1 aromatic carbocycles. The molecule has 3 N–H and O–H groups in total. The molecule has 0 aliphatic heterocycles. The molecular weight excluding hydrogens is 300 g/mol. The molecule has 1 amide bonds. The molecule has 0 aliphatic rings. The van der Waals surface area contributed by atoms with Crippen LogP contribution >= 0.6 is 11.3 Å². The molecule has 116 valence electrons. The van der Waals surface area contributed by atoms with E-state index in [4.69, 9.17) is 0 Å². The number of carbonyl (C=O) groups excluding carboxylic acids is 1. The van der Waals surface area contributed by atoms with Gasteiger partial charge in [-0.15, -0.1) is 11.3 Å². The number of hydrogen-bond donors (Lipinski definition) is 3. The highest BCUT2D eigenvalue weighted by atomic mass is 32.1. The van der Waals surface area contributed by atoms with Crippen molar-refractivity contribution in [3.8, 4) is 11.5 Å². The molecule has 5 nitrogen and oxygen atoms in total. The van der Waals surface area contributed by atoms with Gasteiger partial charge in [0.05, 0.1) is 11.3 Å². The van der Waals surface area contributed by atoms with Gasteiger partial charge in [0.2, 0.25) is 0 Å². The number of aromatic hydroxyl groups is 2. The first-order valence-electron chi connectivity index (χ1n) is 6.83. The average molecular weight is 318 g/mol. The number of nitrogens with zero attached hydrogens (tertiary/aromatic N) is 1. The first kappa shape index (κ1) is 16.0. The van der Waals surface area contributed by atoms with Crippen molar-refractivity contribution in [1.82, 2.24) is 5.43 Å². The number of rotatable bonds is 4. The van der Waals surface area contributed by atoms with Crippen molar-refractivity contribution in [2.45, 2.75) is 26.7 Å². The number of carbonyl (C=O) groups is 1. The van der Waals surface area contributed by atoms with E-state index in [2.05, 4.69) is 24.4 Å². The lowest BCUT2D eigenvalue weighted by atomic mass is 10.1. The third-order valence-corrected chi connectivity index (χ3v) is 4.33. The van der Waals surface area contributed by atoms with E-state index in [-0.39, 0.29) is 17.4 Å². The van der Waals surface area contributed by atoms with Crippen molar-refractivity contribution in [3.63, 3.8) is 0 Å². The molecule has 0 unspecified atom stereocenters. The molecular formula is C16H18N2O3S. The maximum atomic E-state index is 12.0.